The molecule has 0 aliphatic carbocycles. The Hall–Kier alpha value is -1.81. The summed E-state index contributed by atoms with van der Waals surface area (Å²) in [4.78, 5) is 45.9. The van der Waals surface area contributed by atoms with Crippen LogP contribution in [0.1, 0.15) is 26.7 Å². The Morgan fingerprint density at radius 1 is 1.08 bits per heavy atom. The van der Waals surface area contributed by atoms with E-state index in [-0.39, 0.29) is 19.4 Å². The van der Waals surface area contributed by atoms with Crippen LogP contribution in [-0.4, -0.2) is 70.6 Å². The Morgan fingerprint density at radius 3 is 2.21 bits per heavy atom. The summed E-state index contributed by atoms with van der Waals surface area (Å²) in [7, 11) is 0. The number of nitrogens with one attached hydrogen (secondary N) is 3. The van der Waals surface area contributed by atoms with Crippen LogP contribution >= 0.6 is 11.8 Å². The summed E-state index contributed by atoms with van der Waals surface area (Å²) in [5.41, 5.74) is 0. The molecule has 24 heavy (non-hydrogen) atoms. The van der Waals surface area contributed by atoms with Gasteiger partial charge in [0, 0.05) is 0 Å². The summed E-state index contributed by atoms with van der Waals surface area (Å²) in [6.07, 6.45) is 1.17. The van der Waals surface area contributed by atoms with Crippen LogP contribution in [0.25, 0.3) is 0 Å². The number of carbonyl (C=O) groups excluding carboxylic acids is 3. The molecule has 0 radical (unpaired) electrons. The van der Waals surface area contributed by atoms with Crippen molar-refractivity contribution in [2.45, 2.75) is 44.9 Å². The van der Waals surface area contributed by atoms with Crippen molar-refractivity contribution in [1.29, 1.82) is 0 Å². The van der Waals surface area contributed by atoms with E-state index in [9.17, 15) is 19.2 Å². The third-order valence-electron chi connectivity index (χ3n) is 2.92. The van der Waals surface area contributed by atoms with Crippen molar-refractivity contribution in [3.05, 3.63) is 0 Å². The second-order valence-corrected chi connectivity index (χ2v) is 6.29. The standard InChI is InChI=1S/C14H25N3O6S/c1-8(18)6-11(19)15-7-12(20)16-9(2)13(21)17-10(14(22)23)4-5-24-3/h8-10,18H,4-7H2,1-3H3,(H,15,19)(H,16,20)(H,17,21)(H,22,23). The number of aliphatic hydroxyl groups excluding tert-OH is 1. The molecular formula is C14H25N3O6S. The van der Waals surface area contributed by atoms with Crippen molar-refractivity contribution in [3.8, 4) is 0 Å². The maximum atomic E-state index is 11.9. The normalized spacial score (nSPS) is 14.2. The van der Waals surface area contributed by atoms with E-state index in [0.29, 0.717) is 5.75 Å². The quantitative estimate of drug-likeness (QED) is 0.307. The van der Waals surface area contributed by atoms with Gasteiger partial charge in [-0.1, -0.05) is 0 Å². The average Bonchev–Trinajstić information content (AvgIpc) is 2.48. The molecule has 138 valence electrons. The Morgan fingerprint density at radius 2 is 1.71 bits per heavy atom. The van der Waals surface area contributed by atoms with Gasteiger partial charge in [0.15, 0.2) is 0 Å². The van der Waals surface area contributed by atoms with E-state index in [0.717, 1.165) is 0 Å². The van der Waals surface area contributed by atoms with Crippen molar-refractivity contribution in [2.75, 3.05) is 18.6 Å². The summed E-state index contributed by atoms with van der Waals surface area (Å²) in [5.74, 6) is -2.26. The minimum absolute atomic E-state index is 0.126. The van der Waals surface area contributed by atoms with Crippen molar-refractivity contribution < 1.29 is 29.4 Å². The number of thioether (sulfide) groups is 1. The van der Waals surface area contributed by atoms with E-state index in [4.69, 9.17) is 10.2 Å². The Bertz CT molecular complexity index is 458. The van der Waals surface area contributed by atoms with E-state index in [2.05, 4.69) is 16.0 Å². The van der Waals surface area contributed by atoms with Crippen LogP contribution in [0, 0.1) is 0 Å². The first kappa shape index (κ1) is 22.2. The van der Waals surface area contributed by atoms with Gasteiger partial charge in [0.05, 0.1) is 19.1 Å². The van der Waals surface area contributed by atoms with E-state index in [1.165, 1.54) is 25.6 Å². The van der Waals surface area contributed by atoms with E-state index in [1.54, 1.807) is 0 Å². The van der Waals surface area contributed by atoms with Crippen molar-refractivity contribution in [2.24, 2.45) is 0 Å². The highest BCUT2D eigenvalue weighted by molar-refractivity contribution is 7.98. The molecule has 0 rings (SSSR count). The highest BCUT2D eigenvalue weighted by Gasteiger charge is 2.23. The molecule has 0 bridgehead atoms. The SMILES string of the molecule is CSCCC(NC(=O)C(C)NC(=O)CNC(=O)CC(C)O)C(=O)O. The predicted octanol–water partition coefficient (Wildman–Crippen LogP) is -1.30. The lowest BCUT2D eigenvalue weighted by Gasteiger charge is -2.18. The number of aliphatic carboxylic acids is 1. The molecule has 0 saturated carbocycles. The molecule has 0 aliphatic heterocycles. The van der Waals surface area contributed by atoms with Gasteiger partial charge >= 0.3 is 5.97 Å². The molecule has 0 aromatic carbocycles. The highest BCUT2D eigenvalue weighted by atomic mass is 32.2. The molecule has 0 saturated heterocycles. The van der Waals surface area contributed by atoms with Gasteiger partial charge in [0.1, 0.15) is 12.1 Å². The molecule has 3 amide bonds. The van der Waals surface area contributed by atoms with Gasteiger partial charge in [0.2, 0.25) is 17.7 Å². The lowest BCUT2D eigenvalue weighted by Crippen LogP contribution is -2.52. The predicted molar refractivity (Wildman–Crippen MR) is 89.5 cm³/mol. The molecule has 3 atom stereocenters. The lowest BCUT2D eigenvalue weighted by molar-refractivity contribution is -0.142. The second kappa shape index (κ2) is 11.7. The van der Waals surface area contributed by atoms with Gasteiger partial charge in [-0.2, -0.15) is 11.8 Å². The smallest absolute Gasteiger partial charge is 0.326 e. The molecule has 9 nitrogen and oxygen atoms in total. The molecule has 0 aromatic heterocycles. The number of hydrogen-bond donors (Lipinski definition) is 5. The first-order chi connectivity index (χ1) is 11.2. The van der Waals surface area contributed by atoms with E-state index >= 15 is 0 Å². The molecule has 3 unspecified atom stereocenters. The molecule has 10 heteroatoms. The Balaban J connectivity index is 4.30. The molecule has 0 aliphatic rings. The van der Waals surface area contributed by atoms with Gasteiger partial charge in [0.25, 0.3) is 0 Å². The zero-order valence-corrected chi connectivity index (χ0v) is 14.8. The van der Waals surface area contributed by atoms with Gasteiger partial charge in [-0.3, -0.25) is 14.4 Å². The zero-order valence-electron chi connectivity index (χ0n) is 14.0. The van der Waals surface area contributed by atoms with Crippen LogP contribution < -0.4 is 16.0 Å². The van der Waals surface area contributed by atoms with Crippen molar-refractivity contribution in [1.82, 2.24) is 16.0 Å². The monoisotopic (exact) mass is 363 g/mol. The fraction of sp³-hybridized carbons (Fsp3) is 0.714. The molecule has 5 N–H and O–H groups in total. The first-order valence-corrected chi connectivity index (χ1v) is 8.83. The average molecular weight is 363 g/mol. The zero-order chi connectivity index (χ0) is 18.7. The Kier molecular flexibility index (Phi) is 10.8. The van der Waals surface area contributed by atoms with E-state index in [1.807, 2.05) is 6.26 Å². The summed E-state index contributed by atoms with van der Waals surface area (Å²) in [5, 5.41) is 25.1. The summed E-state index contributed by atoms with van der Waals surface area (Å²) >= 11 is 1.46. The van der Waals surface area contributed by atoms with Crippen molar-refractivity contribution in [3.63, 3.8) is 0 Å². The number of amides is 3. The molecule has 0 aromatic rings. The van der Waals surface area contributed by atoms with Gasteiger partial charge in [-0.05, 0) is 32.3 Å². The minimum Gasteiger partial charge on any atom is -0.480 e. The number of carboxylic acid groups (broad SMARTS) is 1. The van der Waals surface area contributed by atoms with Crippen molar-refractivity contribution >= 4 is 35.5 Å². The third-order valence-corrected chi connectivity index (χ3v) is 3.57. The Labute approximate surface area is 144 Å². The number of hydrogen-bond acceptors (Lipinski definition) is 6. The molecule has 0 heterocycles. The number of carbonyl (C=O) groups is 4. The van der Waals surface area contributed by atoms with Crippen LogP contribution in [0.15, 0.2) is 0 Å². The van der Waals surface area contributed by atoms with Crippen LogP contribution in [0.3, 0.4) is 0 Å². The van der Waals surface area contributed by atoms with Crippen LogP contribution in [0.2, 0.25) is 0 Å². The third kappa shape index (κ3) is 10.1. The number of carboxylic acids is 1. The van der Waals surface area contributed by atoms with Gasteiger partial charge < -0.3 is 26.2 Å². The van der Waals surface area contributed by atoms with Crippen LogP contribution in [0.5, 0.6) is 0 Å². The van der Waals surface area contributed by atoms with Crippen LogP contribution in [-0.2, 0) is 19.2 Å². The first-order valence-electron chi connectivity index (χ1n) is 7.43. The fourth-order valence-electron chi connectivity index (χ4n) is 1.67. The van der Waals surface area contributed by atoms with Gasteiger partial charge in [-0.15, -0.1) is 0 Å². The second-order valence-electron chi connectivity index (χ2n) is 5.30. The molecular weight excluding hydrogens is 338 g/mol. The summed E-state index contributed by atoms with van der Waals surface area (Å²) < 4.78 is 0. The maximum absolute atomic E-state index is 11.9. The number of aliphatic hydroxyl groups is 1. The van der Waals surface area contributed by atoms with Gasteiger partial charge in [-0.25, -0.2) is 4.79 Å². The largest absolute Gasteiger partial charge is 0.480 e. The van der Waals surface area contributed by atoms with E-state index < -0.39 is 41.9 Å². The lowest BCUT2D eigenvalue weighted by atomic mass is 10.2. The highest BCUT2D eigenvalue weighted by Crippen LogP contribution is 2.01. The topological polar surface area (TPSA) is 145 Å². The fourth-order valence-corrected chi connectivity index (χ4v) is 2.14. The molecule has 0 fully saturated rings. The van der Waals surface area contributed by atoms with Crippen LogP contribution in [0.4, 0.5) is 0 Å². The molecule has 0 spiro atoms. The maximum Gasteiger partial charge on any atom is 0.326 e. The number of rotatable bonds is 11. The minimum atomic E-state index is -1.14. The summed E-state index contributed by atoms with van der Waals surface area (Å²) in [6, 6.07) is -1.96. The summed E-state index contributed by atoms with van der Waals surface area (Å²) in [6.45, 7) is 2.53.